The van der Waals surface area contributed by atoms with Gasteiger partial charge in [-0.15, -0.1) is 0 Å². The molecule has 0 unspecified atom stereocenters. The van der Waals surface area contributed by atoms with E-state index in [0.717, 1.165) is 17.4 Å². The molecule has 1 aromatic carbocycles. The van der Waals surface area contributed by atoms with Crippen LogP contribution >= 0.6 is 0 Å². The molecule has 9 heteroatoms. The van der Waals surface area contributed by atoms with Crippen LogP contribution in [-0.4, -0.2) is 50.1 Å². The number of benzene rings is 1. The molecule has 2 aromatic heterocycles. The maximum atomic E-state index is 13.5. The lowest BCUT2D eigenvalue weighted by Gasteiger charge is -2.32. The Morgan fingerprint density at radius 3 is 2.69 bits per heavy atom. The second kappa shape index (κ2) is 8.80. The summed E-state index contributed by atoms with van der Waals surface area (Å²) in [6, 6.07) is 9.12. The van der Waals surface area contributed by atoms with Crippen LogP contribution in [0.25, 0.3) is 5.78 Å². The SMILES string of the molecule is CC(C)(C)c1ccc(OCC(=O)N2CCC[C@H](c3cc(C(F)F)n4ncnc4n3)C2)cc1. The number of alkyl halides is 2. The second-order valence-electron chi connectivity index (χ2n) is 9.12. The van der Waals surface area contributed by atoms with Gasteiger partial charge in [0, 0.05) is 19.0 Å². The minimum Gasteiger partial charge on any atom is -0.484 e. The molecule has 0 saturated carbocycles. The van der Waals surface area contributed by atoms with Crippen LogP contribution in [0.2, 0.25) is 0 Å². The molecule has 170 valence electrons. The summed E-state index contributed by atoms with van der Waals surface area (Å²) >= 11 is 0. The predicted octanol–water partition coefficient (Wildman–Crippen LogP) is 4.14. The van der Waals surface area contributed by atoms with Gasteiger partial charge in [-0.3, -0.25) is 4.79 Å². The molecule has 1 fully saturated rings. The van der Waals surface area contributed by atoms with E-state index in [1.54, 1.807) is 4.90 Å². The molecular weight excluding hydrogens is 416 g/mol. The van der Waals surface area contributed by atoms with Gasteiger partial charge >= 0.3 is 0 Å². The van der Waals surface area contributed by atoms with Gasteiger partial charge in [-0.05, 0) is 42.0 Å². The van der Waals surface area contributed by atoms with Crippen molar-refractivity contribution < 1.29 is 18.3 Å². The van der Waals surface area contributed by atoms with Crippen molar-refractivity contribution in [3.63, 3.8) is 0 Å². The van der Waals surface area contributed by atoms with Gasteiger partial charge in [-0.2, -0.15) is 14.6 Å². The van der Waals surface area contributed by atoms with E-state index in [2.05, 4.69) is 35.8 Å². The van der Waals surface area contributed by atoms with Crippen LogP contribution in [0.15, 0.2) is 36.7 Å². The molecule has 0 bridgehead atoms. The number of likely N-dealkylation sites (tertiary alicyclic amines) is 1. The van der Waals surface area contributed by atoms with E-state index in [1.807, 2.05) is 24.3 Å². The van der Waals surface area contributed by atoms with Gasteiger partial charge in [-0.25, -0.2) is 13.8 Å². The lowest BCUT2D eigenvalue weighted by Crippen LogP contribution is -2.41. The van der Waals surface area contributed by atoms with Crippen molar-refractivity contribution in [1.29, 1.82) is 0 Å². The minimum absolute atomic E-state index is 0.0465. The Kier molecular flexibility index (Phi) is 6.08. The highest BCUT2D eigenvalue weighted by molar-refractivity contribution is 5.78. The number of hydrogen-bond acceptors (Lipinski definition) is 5. The van der Waals surface area contributed by atoms with Gasteiger partial charge in [0.15, 0.2) is 6.61 Å². The highest BCUT2D eigenvalue weighted by atomic mass is 19.3. The Hall–Kier alpha value is -3.10. The molecule has 3 aromatic rings. The van der Waals surface area contributed by atoms with E-state index in [-0.39, 0.29) is 35.3 Å². The van der Waals surface area contributed by atoms with Crippen LogP contribution in [-0.2, 0) is 10.2 Å². The Morgan fingerprint density at radius 2 is 2.00 bits per heavy atom. The standard InChI is InChI=1S/C23H27F2N5O2/c1-23(2,3)16-6-8-17(9-7-16)32-13-20(31)29-10-4-5-15(12-29)18-11-19(21(24)25)30-22(28-18)26-14-27-30/h6-9,11,14-15,21H,4-5,10,12-13H2,1-3H3/t15-/m0/s1. The normalized spacial score (nSPS) is 17.2. The number of ether oxygens (including phenoxy) is 1. The fraction of sp³-hybridized carbons (Fsp3) is 0.478. The summed E-state index contributed by atoms with van der Waals surface area (Å²) in [4.78, 5) is 22.8. The molecule has 4 rings (SSSR count). The lowest BCUT2D eigenvalue weighted by atomic mass is 9.87. The van der Waals surface area contributed by atoms with Gasteiger partial charge in [0.1, 0.15) is 17.8 Å². The summed E-state index contributed by atoms with van der Waals surface area (Å²) in [7, 11) is 0. The maximum Gasteiger partial charge on any atom is 0.280 e. The highest BCUT2D eigenvalue weighted by Crippen LogP contribution is 2.29. The topological polar surface area (TPSA) is 72.6 Å². The number of aromatic nitrogens is 4. The quantitative estimate of drug-likeness (QED) is 0.593. The first kappa shape index (κ1) is 22.1. The first-order valence-corrected chi connectivity index (χ1v) is 10.7. The summed E-state index contributed by atoms with van der Waals surface area (Å²) in [5, 5.41) is 3.82. The fourth-order valence-corrected chi connectivity index (χ4v) is 3.95. The number of nitrogens with zero attached hydrogens (tertiary/aromatic N) is 5. The predicted molar refractivity (Wildman–Crippen MR) is 115 cm³/mol. The molecule has 3 heterocycles. The van der Waals surface area contributed by atoms with E-state index in [4.69, 9.17) is 4.74 Å². The van der Waals surface area contributed by atoms with Crippen LogP contribution in [0.4, 0.5) is 8.78 Å². The van der Waals surface area contributed by atoms with Gasteiger partial charge in [0.25, 0.3) is 18.1 Å². The Bertz CT molecular complexity index is 1090. The van der Waals surface area contributed by atoms with Crippen molar-refractivity contribution in [3.8, 4) is 5.75 Å². The zero-order chi connectivity index (χ0) is 22.9. The number of carbonyl (C=O) groups is 1. The first-order chi connectivity index (χ1) is 15.2. The fourth-order valence-electron chi connectivity index (χ4n) is 3.95. The highest BCUT2D eigenvalue weighted by Gasteiger charge is 2.28. The Labute approximate surface area is 185 Å². The summed E-state index contributed by atoms with van der Waals surface area (Å²) < 4.78 is 33.7. The van der Waals surface area contributed by atoms with E-state index < -0.39 is 6.43 Å². The van der Waals surface area contributed by atoms with Crippen LogP contribution in [0.1, 0.15) is 62.9 Å². The van der Waals surface area contributed by atoms with Crippen LogP contribution in [0.3, 0.4) is 0 Å². The number of amides is 1. The molecule has 0 N–H and O–H groups in total. The zero-order valence-electron chi connectivity index (χ0n) is 18.5. The molecule has 1 saturated heterocycles. The van der Waals surface area contributed by atoms with E-state index >= 15 is 0 Å². The molecule has 0 aliphatic carbocycles. The number of carbonyl (C=O) groups excluding carboxylic acids is 1. The average molecular weight is 443 g/mol. The molecule has 0 spiro atoms. The summed E-state index contributed by atoms with van der Waals surface area (Å²) in [5.74, 6) is 0.508. The molecule has 32 heavy (non-hydrogen) atoms. The number of rotatable bonds is 5. The smallest absolute Gasteiger partial charge is 0.280 e. The van der Waals surface area contributed by atoms with E-state index in [0.29, 0.717) is 24.5 Å². The number of piperidine rings is 1. The van der Waals surface area contributed by atoms with Crippen molar-refractivity contribution in [2.75, 3.05) is 19.7 Å². The largest absolute Gasteiger partial charge is 0.484 e. The number of fused-ring (bicyclic) bond motifs is 1. The Morgan fingerprint density at radius 1 is 1.25 bits per heavy atom. The average Bonchev–Trinajstić information content (AvgIpc) is 3.25. The first-order valence-electron chi connectivity index (χ1n) is 10.7. The van der Waals surface area contributed by atoms with Crippen molar-refractivity contribution in [1.82, 2.24) is 24.5 Å². The monoisotopic (exact) mass is 443 g/mol. The van der Waals surface area contributed by atoms with Gasteiger partial charge < -0.3 is 9.64 Å². The third-order valence-electron chi connectivity index (χ3n) is 5.80. The van der Waals surface area contributed by atoms with Crippen molar-refractivity contribution in [3.05, 3.63) is 53.6 Å². The maximum absolute atomic E-state index is 13.5. The molecule has 1 aliphatic rings. The molecule has 1 aliphatic heterocycles. The van der Waals surface area contributed by atoms with Crippen LogP contribution < -0.4 is 4.74 Å². The zero-order valence-corrected chi connectivity index (χ0v) is 18.5. The molecule has 1 amide bonds. The van der Waals surface area contributed by atoms with Gasteiger partial charge in [-0.1, -0.05) is 32.9 Å². The van der Waals surface area contributed by atoms with Gasteiger partial charge in [0.05, 0.1) is 5.69 Å². The number of halogens is 2. The molecule has 0 radical (unpaired) electrons. The third kappa shape index (κ3) is 4.71. The van der Waals surface area contributed by atoms with Crippen LogP contribution in [0.5, 0.6) is 5.75 Å². The molecule has 1 atom stereocenters. The van der Waals surface area contributed by atoms with Crippen molar-refractivity contribution >= 4 is 11.7 Å². The van der Waals surface area contributed by atoms with Crippen LogP contribution in [0, 0.1) is 0 Å². The second-order valence-corrected chi connectivity index (χ2v) is 9.12. The summed E-state index contributed by atoms with van der Waals surface area (Å²) in [6.45, 7) is 7.36. The lowest BCUT2D eigenvalue weighted by molar-refractivity contribution is -0.134. The Balaban J connectivity index is 1.41. The minimum atomic E-state index is -2.69. The van der Waals surface area contributed by atoms with Crippen molar-refractivity contribution in [2.45, 2.75) is 51.4 Å². The summed E-state index contributed by atoms with van der Waals surface area (Å²) in [5.41, 5.74) is 1.51. The number of hydrogen-bond donors (Lipinski definition) is 0. The third-order valence-corrected chi connectivity index (χ3v) is 5.80. The van der Waals surface area contributed by atoms with Gasteiger partial charge in [0.2, 0.25) is 0 Å². The molecule has 7 nitrogen and oxygen atoms in total. The van der Waals surface area contributed by atoms with E-state index in [1.165, 1.54) is 18.0 Å². The summed E-state index contributed by atoms with van der Waals surface area (Å²) in [6.07, 6.45) is 0.0412. The molecular formula is C23H27F2N5O2. The van der Waals surface area contributed by atoms with E-state index in [9.17, 15) is 13.6 Å². The van der Waals surface area contributed by atoms with Crippen molar-refractivity contribution in [2.24, 2.45) is 0 Å².